The van der Waals surface area contributed by atoms with Crippen LogP contribution in [0.1, 0.15) is 38.2 Å². The second kappa shape index (κ2) is 5.32. The number of nitrogens with zero attached hydrogens (tertiary/aromatic N) is 1. The molecule has 0 saturated carbocycles. The molecular weight excluding hydrogens is 182 g/mol. The van der Waals surface area contributed by atoms with Crippen molar-refractivity contribution in [3.05, 3.63) is 35.9 Å². The van der Waals surface area contributed by atoms with Crippen LogP contribution < -0.4 is 0 Å². The second-order valence-electron chi connectivity index (χ2n) is 4.44. The third-order valence-corrected chi connectivity index (χ3v) is 3.38. The van der Waals surface area contributed by atoms with Gasteiger partial charge in [0.15, 0.2) is 0 Å². The molecular formula is C14H20N. The quantitative estimate of drug-likeness (QED) is 0.727. The molecule has 1 heterocycles. The largest absolute Gasteiger partial charge is 0.296 e. The zero-order chi connectivity index (χ0) is 10.5. The molecule has 0 amide bonds. The predicted molar refractivity (Wildman–Crippen MR) is 63.6 cm³/mol. The van der Waals surface area contributed by atoms with E-state index in [0.29, 0.717) is 0 Å². The third kappa shape index (κ3) is 2.82. The zero-order valence-corrected chi connectivity index (χ0v) is 9.58. The molecule has 1 unspecified atom stereocenters. The molecule has 0 N–H and O–H groups in total. The fourth-order valence-electron chi connectivity index (χ4n) is 2.49. The number of piperidine rings is 1. The second-order valence-corrected chi connectivity index (χ2v) is 4.44. The molecule has 1 saturated heterocycles. The summed E-state index contributed by atoms with van der Waals surface area (Å²) in [5, 5.41) is 0. The molecule has 2 rings (SSSR count). The Morgan fingerprint density at radius 3 is 3.13 bits per heavy atom. The molecule has 0 aromatic heterocycles. The number of hydrogen-bond donors (Lipinski definition) is 0. The van der Waals surface area contributed by atoms with Crippen molar-refractivity contribution in [2.75, 3.05) is 6.54 Å². The maximum absolute atomic E-state index is 3.16. The summed E-state index contributed by atoms with van der Waals surface area (Å²) in [6.07, 6.45) is 5.45. The average molecular weight is 202 g/mol. The van der Waals surface area contributed by atoms with Gasteiger partial charge in [0, 0.05) is 12.6 Å². The van der Waals surface area contributed by atoms with Crippen LogP contribution in [-0.2, 0) is 6.54 Å². The smallest absolute Gasteiger partial charge is 0.0236 e. The minimum Gasteiger partial charge on any atom is -0.296 e. The molecule has 1 aromatic rings. The van der Waals surface area contributed by atoms with Gasteiger partial charge in [-0.3, -0.25) is 4.90 Å². The van der Waals surface area contributed by atoms with Crippen molar-refractivity contribution < 1.29 is 0 Å². The van der Waals surface area contributed by atoms with E-state index in [2.05, 4.69) is 36.1 Å². The van der Waals surface area contributed by atoms with Crippen molar-refractivity contribution in [3.63, 3.8) is 0 Å². The Morgan fingerprint density at radius 1 is 1.47 bits per heavy atom. The number of likely N-dealkylation sites (tertiary alicyclic amines) is 1. The highest BCUT2D eigenvalue weighted by atomic mass is 15.2. The molecule has 1 aromatic carbocycles. The highest BCUT2D eigenvalue weighted by Crippen LogP contribution is 2.21. The Labute approximate surface area is 93.1 Å². The Bertz CT molecular complexity index is 281. The van der Waals surface area contributed by atoms with Gasteiger partial charge in [-0.15, -0.1) is 0 Å². The fraction of sp³-hybridized carbons (Fsp3) is 0.571. The van der Waals surface area contributed by atoms with Crippen LogP contribution >= 0.6 is 0 Å². The van der Waals surface area contributed by atoms with E-state index in [1.165, 1.54) is 37.8 Å². The van der Waals surface area contributed by atoms with Gasteiger partial charge in [-0.1, -0.05) is 31.5 Å². The minimum absolute atomic E-state index is 0.805. The average Bonchev–Trinajstić information content (AvgIpc) is 2.31. The fourth-order valence-corrected chi connectivity index (χ4v) is 2.49. The Hall–Kier alpha value is -0.820. The summed E-state index contributed by atoms with van der Waals surface area (Å²) in [6.45, 7) is 4.68. The summed E-state index contributed by atoms with van der Waals surface area (Å²) in [5.41, 5.74) is 1.40. The molecule has 1 radical (unpaired) electrons. The van der Waals surface area contributed by atoms with Crippen LogP contribution in [0.3, 0.4) is 0 Å². The summed E-state index contributed by atoms with van der Waals surface area (Å²) in [5.74, 6) is 0. The Balaban J connectivity index is 1.97. The molecule has 1 nitrogen and oxygen atoms in total. The van der Waals surface area contributed by atoms with Crippen molar-refractivity contribution in [1.29, 1.82) is 0 Å². The van der Waals surface area contributed by atoms with Crippen LogP contribution in [0.15, 0.2) is 24.3 Å². The van der Waals surface area contributed by atoms with Crippen LogP contribution in [-0.4, -0.2) is 17.5 Å². The molecule has 81 valence electrons. The lowest BCUT2D eigenvalue weighted by molar-refractivity contribution is 0.136. The minimum atomic E-state index is 0.805. The first kappa shape index (κ1) is 10.7. The summed E-state index contributed by atoms with van der Waals surface area (Å²) in [4.78, 5) is 2.63. The van der Waals surface area contributed by atoms with E-state index in [0.717, 1.165) is 12.6 Å². The van der Waals surface area contributed by atoms with Crippen LogP contribution in [0.25, 0.3) is 0 Å². The molecule has 1 heteroatoms. The Kier molecular flexibility index (Phi) is 3.79. The van der Waals surface area contributed by atoms with Gasteiger partial charge in [0.25, 0.3) is 0 Å². The van der Waals surface area contributed by atoms with E-state index >= 15 is 0 Å². The first-order valence-corrected chi connectivity index (χ1v) is 6.09. The zero-order valence-electron chi connectivity index (χ0n) is 9.58. The lowest BCUT2D eigenvalue weighted by Crippen LogP contribution is -2.38. The monoisotopic (exact) mass is 202 g/mol. The van der Waals surface area contributed by atoms with E-state index in [9.17, 15) is 0 Å². The molecule has 1 aliphatic rings. The van der Waals surface area contributed by atoms with Gasteiger partial charge in [0.05, 0.1) is 0 Å². The van der Waals surface area contributed by atoms with Gasteiger partial charge in [-0.25, -0.2) is 0 Å². The van der Waals surface area contributed by atoms with Crippen LogP contribution in [0.4, 0.5) is 0 Å². The van der Waals surface area contributed by atoms with Gasteiger partial charge >= 0.3 is 0 Å². The van der Waals surface area contributed by atoms with Crippen molar-refractivity contribution in [1.82, 2.24) is 4.90 Å². The molecule has 15 heavy (non-hydrogen) atoms. The van der Waals surface area contributed by atoms with E-state index in [1.54, 1.807) is 0 Å². The number of hydrogen-bond acceptors (Lipinski definition) is 1. The summed E-state index contributed by atoms with van der Waals surface area (Å²) >= 11 is 0. The van der Waals surface area contributed by atoms with Gasteiger partial charge in [0.2, 0.25) is 0 Å². The first-order chi connectivity index (χ1) is 7.40. The topological polar surface area (TPSA) is 3.24 Å². The van der Waals surface area contributed by atoms with Crippen LogP contribution in [0, 0.1) is 6.07 Å². The van der Waals surface area contributed by atoms with Gasteiger partial charge in [-0.2, -0.15) is 0 Å². The molecule has 0 bridgehead atoms. The molecule has 1 aliphatic heterocycles. The van der Waals surface area contributed by atoms with Gasteiger partial charge < -0.3 is 0 Å². The van der Waals surface area contributed by atoms with Crippen molar-refractivity contribution >= 4 is 0 Å². The summed E-state index contributed by atoms with van der Waals surface area (Å²) in [7, 11) is 0. The molecule has 0 aliphatic carbocycles. The maximum Gasteiger partial charge on any atom is 0.0236 e. The van der Waals surface area contributed by atoms with Crippen molar-refractivity contribution in [2.24, 2.45) is 0 Å². The molecule has 1 fully saturated rings. The summed E-state index contributed by atoms with van der Waals surface area (Å²) < 4.78 is 0. The van der Waals surface area contributed by atoms with Crippen molar-refractivity contribution in [3.8, 4) is 0 Å². The number of rotatable bonds is 3. The molecule has 1 atom stereocenters. The normalized spacial score (nSPS) is 22.9. The van der Waals surface area contributed by atoms with Crippen molar-refractivity contribution in [2.45, 2.75) is 45.2 Å². The third-order valence-electron chi connectivity index (χ3n) is 3.38. The Morgan fingerprint density at radius 2 is 2.40 bits per heavy atom. The lowest BCUT2D eigenvalue weighted by Gasteiger charge is -2.35. The van der Waals surface area contributed by atoms with Crippen LogP contribution in [0.2, 0.25) is 0 Å². The predicted octanol–water partition coefficient (Wildman–Crippen LogP) is 3.25. The molecule has 0 spiro atoms. The first-order valence-electron chi connectivity index (χ1n) is 6.09. The van der Waals surface area contributed by atoms with Crippen LogP contribution in [0.5, 0.6) is 0 Å². The highest BCUT2D eigenvalue weighted by Gasteiger charge is 2.20. The lowest BCUT2D eigenvalue weighted by atomic mass is 9.99. The highest BCUT2D eigenvalue weighted by molar-refractivity contribution is 5.13. The van der Waals surface area contributed by atoms with Gasteiger partial charge in [-0.05, 0) is 43.5 Å². The van der Waals surface area contributed by atoms with E-state index in [-0.39, 0.29) is 0 Å². The number of benzene rings is 1. The summed E-state index contributed by atoms with van der Waals surface area (Å²) in [6, 6.07) is 12.3. The SMILES string of the molecule is CCC1CCCCN1Cc1c[c]ccc1. The standard InChI is InChI=1S/C14H20N/c1-2-14-10-6-7-11-15(14)12-13-8-4-3-5-9-13/h3-4,8-9,14H,2,6-7,10-12H2,1H3. The van der Waals surface area contributed by atoms with E-state index < -0.39 is 0 Å². The van der Waals surface area contributed by atoms with E-state index in [4.69, 9.17) is 0 Å². The van der Waals surface area contributed by atoms with Gasteiger partial charge in [0.1, 0.15) is 0 Å². The van der Waals surface area contributed by atoms with E-state index in [1.807, 2.05) is 6.07 Å². The maximum atomic E-state index is 3.16.